The van der Waals surface area contributed by atoms with Gasteiger partial charge in [-0.25, -0.2) is 4.98 Å². The number of nitrogens with zero attached hydrogens (tertiary/aromatic N) is 1. The van der Waals surface area contributed by atoms with Gasteiger partial charge in [-0.2, -0.15) is 0 Å². The largest absolute Gasteiger partial charge is 0.494 e. The van der Waals surface area contributed by atoms with Crippen molar-refractivity contribution in [2.24, 2.45) is 5.92 Å². The maximum atomic E-state index is 11.8. The van der Waals surface area contributed by atoms with Crippen molar-refractivity contribution < 1.29 is 9.53 Å². The minimum Gasteiger partial charge on any atom is -0.494 e. The second-order valence-corrected chi connectivity index (χ2v) is 3.23. The molecule has 0 spiro atoms. The van der Waals surface area contributed by atoms with Gasteiger partial charge in [-0.05, 0) is 18.6 Å². The summed E-state index contributed by atoms with van der Waals surface area (Å²) in [5.74, 6) is 0.599. The second-order valence-electron chi connectivity index (χ2n) is 3.23. The van der Waals surface area contributed by atoms with Gasteiger partial charge in [0, 0.05) is 12.1 Å². The predicted molar refractivity (Wildman–Crippen MR) is 54.6 cm³/mol. The molecule has 1 aromatic heterocycles. The van der Waals surface area contributed by atoms with Crippen molar-refractivity contribution in [1.82, 2.24) is 4.98 Å². The molecule has 76 valence electrons. The van der Waals surface area contributed by atoms with Crippen molar-refractivity contribution in [2.75, 3.05) is 7.11 Å². The molecule has 3 nitrogen and oxygen atoms in total. The third-order valence-corrected chi connectivity index (χ3v) is 2.28. The highest BCUT2D eigenvalue weighted by Gasteiger charge is 2.18. The first-order valence-corrected chi connectivity index (χ1v) is 4.74. The topological polar surface area (TPSA) is 39.2 Å². The Hall–Kier alpha value is -1.38. The maximum Gasteiger partial charge on any atom is 0.187 e. The van der Waals surface area contributed by atoms with Crippen LogP contribution in [0.5, 0.6) is 5.75 Å². The minimum absolute atomic E-state index is 0.00111. The average Bonchev–Trinajstić information content (AvgIpc) is 2.26. The van der Waals surface area contributed by atoms with Gasteiger partial charge in [0.05, 0.1) is 7.11 Å². The fourth-order valence-electron chi connectivity index (χ4n) is 1.16. The van der Waals surface area contributed by atoms with Crippen LogP contribution in [-0.4, -0.2) is 17.9 Å². The average molecular weight is 193 g/mol. The Bertz CT molecular complexity index is 323. The lowest BCUT2D eigenvalue weighted by Crippen LogP contribution is -2.13. The molecule has 0 aliphatic rings. The SMILES string of the molecule is CCC(C)C(=O)c1ncccc1OC. The van der Waals surface area contributed by atoms with E-state index >= 15 is 0 Å². The zero-order chi connectivity index (χ0) is 10.6. The summed E-state index contributed by atoms with van der Waals surface area (Å²) in [5.41, 5.74) is 0.435. The third kappa shape index (κ3) is 2.10. The van der Waals surface area contributed by atoms with Crippen LogP contribution in [0.1, 0.15) is 30.8 Å². The summed E-state index contributed by atoms with van der Waals surface area (Å²) in [6.07, 6.45) is 2.43. The van der Waals surface area contributed by atoms with E-state index in [1.54, 1.807) is 25.4 Å². The molecule has 3 heteroatoms. The van der Waals surface area contributed by atoms with Gasteiger partial charge in [-0.3, -0.25) is 4.79 Å². The van der Waals surface area contributed by atoms with E-state index in [4.69, 9.17) is 4.74 Å². The van der Waals surface area contributed by atoms with Crippen molar-refractivity contribution in [3.05, 3.63) is 24.0 Å². The van der Waals surface area contributed by atoms with Crippen LogP contribution in [0.4, 0.5) is 0 Å². The van der Waals surface area contributed by atoms with Gasteiger partial charge < -0.3 is 4.74 Å². The zero-order valence-electron chi connectivity index (χ0n) is 8.78. The van der Waals surface area contributed by atoms with Crippen molar-refractivity contribution in [3.8, 4) is 5.75 Å². The molecular weight excluding hydrogens is 178 g/mol. The van der Waals surface area contributed by atoms with Crippen molar-refractivity contribution in [3.63, 3.8) is 0 Å². The molecule has 0 fully saturated rings. The van der Waals surface area contributed by atoms with E-state index in [0.717, 1.165) is 6.42 Å². The highest BCUT2D eigenvalue weighted by atomic mass is 16.5. The van der Waals surface area contributed by atoms with Crippen LogP contribution in [-0.2, 0) is 0 Å². The van der Waals surface area contributed by atoms with E-state index in [1.165, 1.54) is 0 Å². The summed E-state index contributed by atoms with van der Waals surface area (Å²) in [6, 6.07) is 3.51. The Morgan fingerprint density at radius 1 is 1.64 bits per heavy atom. The maximum absolute atomic E-state index is 11.8. The number of ether oxygens (including phenoxy) is 1. The van der Waals surface area contributed by atoms with E-state index in [0.29, 0.717) is 11.4 Å². The molecule has 0 aromatic carbocycles. The lowest BCUT2D eigenvalue weighted by atomic mass is 10.0. The van der Waals surface area contributed by atoms with E-state index in [2.05, 4.69) is 4.98 Å². The molecule has 1 rings (SSSR count). The Labute approximate surface area is 84.1 Å². The van der Waals surface area contributed by atoms with Gasteiger partial charge in [-0.15, -0.1) is 0 Å². The molecule has 0 aliphatic heterocycles. The van der Waals surface area contributed by atoms with Crippen LogP contribution in [0, 0.1) is 5.92 Å². The number of hydrogen-bond donors (Lipinski definition) is 0. The highest BCUT2D eigenvalue weighted by molar-refractivity contribution is 5.98. The minimum atomic E-state index is -0.00111. The van der Waals surface area contributed by atoms with Crippen LogP contribution in [0.2, 0.25) is 0 Å². The number of methoxy groups -OCH3 is 1. The van der Waals surface area contributed by atoms with Crippen molar-refractivity contribution in [1.29, 1.82) is 0 Å². The van der Waals surface area contributed by atoms with Gasteiger partial charge in [-0.1, -0.05) is 13.8 Å². The first kappa shape index (κ1) is 10.7. The molecular formula is C11H15NO2. The summed E-state index contributed by atoms with van der Waals surface area (Å²) >= 11 is 0. The number of rotatable bonds is 4. The predicted octanol–water partition coefficient (Wildman–Crippen LogP) is 2.32. The summed E-state index contributed by atoms with van der Waals surface area (Å²) in [7, 11) is 1.55. The fourth-order valence-corrected chi connectivity index (χ4v) is 1.16. The third-order valence-electron chi connectivity index (χ3n) is 2.28. The Balaban J connectivity index is 3.00. The number of pyridine rings is 1. The fraction of sp³-hybridized carbons (Fsp3) is 0.455. The van der Waals surface area contributed by atoms with Gasteiger partial charge in [0.1, 0.15) is 11.4 Å². The number of ketones is 1. The smallest absolute Gasteiger partial charge is 0.187 e. The van der Waals surface area contributed by atoms with Crippen molar-refractivity contribution in [2.45, 2.75) is 20.3 Å². The standard InChI is InChI=1S/C11H15NO2/c1-4-8(2)11(13)10-9(14-3)6-5-7-12-10/h5-8H,4H2,1-3H3. The van der Waals surface area contributed by atoms with Crippen LogP contribution in [0.15, 0.2) is 18.3 Å². The molecule has 1 unspecified atom stereocenters. The quantitative estimate of drug-likeness (QED) is 0.689. The summed E-state index contributed by atoms with van der Waals surface area (Å²) in [5, 5.41) is 0. The summed E-state index contributed by atoms with van der Waals surface area (Å²) in [4.78, 5) is 15.9. The zero-order valence-corrected chi connectivity index (χ0v) is 8.78. The Morgan fingerprint density at radius 2 is 2.36 bits per heavy atom. The molecule has 0 aliphatic carbocycles. The van der Waals surface area contributed by atoms with Gasteiger partial charge in [0.2, 0.25) is 0 Å². The number of carbonyl (C=O) groups excluding carboxylic acids is 1. The molecule has 1 aromatic rings. The molecule has 1 atom stereocenters. The Kier molecular flexibility index (Phi) is 3.63. The molecule has 14 heavy (non-hydrogen) atoms. The van der Waals surface area contributed by atoms with Gasteiger partial charge in [0.15, 0.2) is 5.78 Å². The highest BCUT2D eigenvalue weighted by Crippen LogP contribution is 2.19. The number of Topliss-reactive ketones (excluding diaryl/α,β-unsaturated/α-hetero) is 1. The summed E-state index contributed by atoms with van der Waals surface area (Å²) in [6.45, 7) is 3.88. The molecule has 0 bridgehead atoms. The number of aromatic nitrogens is 1. The van der Waals surface area contributed by atoms with E-state index < -0.39 is 0 Å². The van der Waals surface area contributed by atoms with E-state index in [-0.39, 0.29) is 11.7 Å². The van der Waals surface area contributed by atoms with Crippen LogP contribution < -0.4 is 4.74 Å². The van der Waals surface area contributed by atoms with Gasteiger partial charge >= 0.3 is 0 Å². The van der Waals surface area contributed by atoms with Crippen LogP contribution in [0.25, 0.3) is 0 Å². The van der Waals surface area contributed by atoms with Crippen LogP contribution >= 0.6 is 0 Å². The molecule has 0 amide bonds. The van der Waals surface area contributed by atoms with Crippen molar-refractivity contribution >= 4 is 5.78 Å². The second kappa shape index (κ2) is 4.74. The first-order valence-electron chi connectivity index (χ1n) is 4.74. The van der Waals surface area contributed by atoms with E-state index in [9.17, 15) is 4.79 Å². The number of carbonyl (C=O) groups is 1. The van der Waals surface area contributed by atoms with E-state index in [1.807, 2.05) is 13.8 Å². The summed E-state index contributed by atoms with van der Waals surface area (Å²) < 4.78 is 5.08. The van der Waals surface area contributed by atoms with Crippen LogP contribution in [0.3, 0.4) is 0 Å². The molecule has 0 N–H and O–H groups in total. The van der Waals surface area contributed by atoms with Gasteiger partial charge in [0.25, 0.3) is 0 Å². The Morgan fingerprint density at radius 3 is 2.93 bits per heavy atom. The molecule has 1 heterocycles. The lowest BCUT2D eigenvalue weighted by Gasteiger charge is -2.09. The number of hydrogen-bond acceptors (Lipinski definition) is 3. The molecule has 0 saturated carbocycles. The first-order chi connectivity index (χ1) is 6.70. The normalized spacial score (nSPS) is 12.2. The monoisotopic (exact) mass is 193 g/mol. The molecule has 0 saturated heterocycles. The lowest BCUT2D eigenvalue weighted by molar-refractivity contribution is 0.0918. The molecule has 0 radical (unpaired) electrons.